The van der Waals surface area contributed by atoms with Crippen molar-refractivity contribution in [3.63, 3.8) is 0 Å². The van der Waals surface area contributed by atoms with Gasteiger partial charge in [-0.05, 0) is 29.8 Å². The smallest absolute Gasteiger partial charge is 0.133 e. The summed E-state index contributed by atoms with van der Waals surface area (Å²) in [5.74, 6) is 2.20. The van der Waals surface area contributed by atoms with E-state index in [4.69, 9.17) is 10.7 Å². The summed E-state index contributed by atoms with van der Waals surface area (Å²) in [6, 6.07) is 18.1. The molecule has 0 aliphatic carbocycles. The number of benzene rings is 2. The molecule has 4 N–H and O–H groups in total. The van der Waals surface area contributed by atoms with Crippen LogP contribution in [0.3, 0.4) is 0 Å². The molecule has 31 heavy (non-hydrogen) atoms. The summed E-state index contributed by atoms with van der Waals surface area (Å²) in [6.07, 6.45) is 2.54. The SMILES string of the molecule is CNc1cnc(N(C)CI)cc1C(N)=Nc1ccc2nc(Cc3ccccc3)[nH]c2c1. The first-order chi connectivity index (χ1) is 15.1. The second-order valence-corrected chi connectivity index (χ2v) is 7.88. The Hall–Kier alpha value is -3.14. The van der Waals surface area contributed by atoms with Crippen molar-refractivity contribution in [2.45, 2.75) is 6.42 Å². The fraction of sp³-hybridized carbons (Fsp3) is 0.174. The van der Waals surface area contributed by atoms with Gasteiger partial charge in [0.15, 0.2) is 0 Å². The van der Waals surface area contributed by atoms with Gasteiger partial charge in [-0.1, -0.05) is 52.9 Å². The Morgan fingerprint density at radius 1 is 1.19 bits per heavy atom. The number of hydrogen-bond acceptors (Lipinski definition) is 5. The normalized spacial score (nSPS) is 11.6. The van der Waals surface area contributed by atoms with Gasteiger partial charge in [0.25, 0.3) is 0 Å². The monoisotopic (exact) mass is 525 g/mol. The number of hydrogen-bond donors (Lipinski definition) is 3. The predicted molar refractivity (Wildman–Crippen MR) is 137 cm³/mol. The second-order valence-electron chi connectivity index (χ2n) is 7.20. The summed E-state index contributed by atoms with van der Waals surface area (Å²) in [6.45, 7) is 0. The number of anilines is 2. The molecule has 0 fully saturated rings. The fourth-order valence-electron chi connectivity index (χ4n) is 3.32. The van der Waals surface area contributed by atoms with E-state index >= 15 is 0 Å². The van der Waals surface area contributed by atoms with Gasteiger partial charge in [0.2, 0.25) is 0 Å². The van der Waals surface area contributed by atoms with Crippen molar-refractivity contribution >= 4 is 56.7 Å². The van der Waals surface area contributed by atoms with Gasteiger partial charge in [-0.2, -0.15) is 0 Å². The lowest BCUT2D eigenvalue weighted by molar-refractivity contribution is 1.04. The van der Waals surface area contributed by atoms with E-state index in [9.17, 15) is 0 Å². The zero-order chi connectivity index (χ0) is 21.8. The van der Waals surface area contributed by atoms with Crippen LogP contribution in [0, 0.1) is 0 Å². The zero-order valence-corrected chi connectivity index (χ0v) is 19.6. The number of aliphatic imine (C=N–C) groups is 1. The molecule has 7 nitrogen and oxygen atoms in total. The average molecular weight is 525 g/mol. The number of fused-ring (bicyclic) bond motifs is 1. The van der Waals surface area contributed by atoms with Crippen molar-refractivity contribution in [3.8, 4) is 0 Å². The maximum Gasteiger partial charge on any atom is 0.133 e. The molecule has 0 unspecified atom stereocenters. The standard InChI is InChI=1S/C23H24IN7/c1-26-20-13-27-22(31(2)14-24)12-17(20)23(25)28-16-8-9-18-19(11-16)30-21(29-18)10-15-6-4-3-5-7-15/h3-9,11-13,26H,10,14H2,1-2H3,(H2,25,28)(H,29,30). The maximum atomic E-state index is 6.40. The van der Waals surface area contributed by atoms with Crippen LogP contribution in [0.1, 0.15) is 17.0 Å². The number of aromatic nitrogens is 3. The fourth-order valence-corrected chi connectivity index (χ4v) is 3.67. The van der Waals surface area contributed by atoms with Gasteiger partial charge in [-0.3, -0.25) is 0 Å². The molecule has 0 spiro atoms. The van der Waals surface area contributed by atoms with Crippen LogP contribution in [-0.4, -0.2) is 39.4 Å². The van der Waals surface area contributed by atoms with Crippen LogP contribution in [0.15, 0.2) is 65.8 Å². The quantitative estimate of drug-likeness (QED) is 0.109. The van der Waals surface area contributed by atoms with Crippen molar-refractivity contribution in [3.05, 3.63) is 77.7 Å². The molecule has 2 aromatic carbocycles. The van der Waals surface area contributed by atoms with Crippen LogP contribution in [0.2, 0.25) is 0 Å². The first-order valence-electron chi connectivity index (χ1n) is 9.89. The zero-order valence-electron chi connectivity index (χ0n) is 17.4. The Labute approximate surface area is 195 Å². The third kappa shape index (κ3) is 4.79. The van der Waals surface area contributed by atoms with E-state index in [-0.39, 0.29) is 0 Å². The minimum absolute atomic E-state index is 0.429. The number of alkyl halides is 1. The Morgan fingerprint density at radius 3 is 2.74 bits per heavy atom. The van der Waals surface area contributed by atoms with E-state index in [0.29, 0.717) is 5.84 Å². The minimum atomic E-state index is 0.429. The van der Waals surface area contributed by atoms with Crippen molar-refractivity contribution in [2.24, 2.45) is 10.7 Å². The molecule has 158 valence electrons. The Balaban J connectivity index is 1.64. The lowest BCUT2D eigenvalue weighted by atomic mass is 10.1. The number of nitrogens with one attached hydrogen (secondary N) is 2. The number of pyridine rings is 1. The van der Waals surface area contributed by atoms with E-state index in [1.165, 1.54) is 5.56 Å². The van der Waals surface area contributed by atoms with E-state index in [2.05, 4.69) is 55.0 Å². The molecule has 0 amide bonds. The van der Waals surface area contributed by atoms with Gasteiger partial charge in [0.1, 0.15) is 17.5 Å². The topological polar surface area (TPSA) is 95.2 Å². The summed E-state index contributed by atoms with van der Waals surface area (Å²) in [5.41, 5.74) is 11.9. The third-order valence-electron chi connectivity index (χ3n) is 4.98. The molecular formula is C23H24IN7. The summed E-state index contributed by atoms with van der Waals surface area (Å²) < 4.78 is 0.821. The van der Waals surface area contributed by atoms with Crippen LogP contribution in [-0.2, 0) is 6.42 Å². The van der Waals surface area contributed by atoms with Gasteiger partial charge >= 0.3 is 0 Å². The Kier molecular flexibility index (Phi) is 6.36. The molecule has 0 saturated heterocycles. The van der Waals surface area contributed by atoms with Crippen LogP contribution >= 0.6 is 22.6 Å². The number of H-pyrrole nitrogens is 1. The Morgan fingerprint density at radius 2 is 2.00 bits per heavy atom. The van der Waals surface area contributed by atoms with E-state index in [1.807, 2.05) is 61.5 Å². The third-order valence-corrected chi connectivity index (χ3v) is 6.01. The molecule has 0 atom stereocenters. The van der Waals surface area contributed by atoms with Gasteiger partial charge < -0.3 is 20.9 Å². The number of imidazole rings is 1. The molecule has 2 heterocycles. The van der Waals surface area contributed by atoms with Crippen LogP contribution in [0.4, 0.5) is 17.2 Å². The molecule has 0 aliphatic heterocycles. The predicted octanol–water partition coefficient (Wildman–Crippen LogP) is 4.46. The number of nitrogens with zero attached hydrogens (tertiary/aromatic N) is 4. The molecule has 0 aliphatic rings. The molecule has 0 bridgehead atoms. The highest BCUT2D eigenvalue weighted by Gasteiger charge is 2.11. The second kappa shape index (κ2) is 9.34. The summed E-state index contributed by atoms with van der Waals surface area (Å²) in [7, 11) is 3.84. The number of aromatic amines is 1. The highest BCUT2D eigenvalue weighted by Crippen LogP contribution is 2.24. The number of amidine groups is 1. The highest BCUT2D eigenvalue weighted by molar-refractivity contribution is 14.1. The number of nitrogens with two attached hydrogens (primary N) is 1. The largest absolute Gasteiger partial charge is 0.386 e. The van der Waals surface area contributed by atoms with E-state index in [0.717, 1.165) is 50.6 Å². The highest BCUT2D eigenvalue weighted by atomic mass is 127. The molecule has 0 saturated carbocycles. The van der Waals surface area contributed by atoms with E-state index < -0.39 is 0 Å². The first kappa shape index (κ1) is 21.1. The van der Waals surface area contributed by atoms with Crippen LogP contribution < -0.4 is 16.0 Å². The van der Waals surface area contributed by atoms with Gasteiger partial charge in [-0.15, -0.1) is 0 Å². The average Bonchev–Trinajstić information content (AvgIpc) is 3.20. The number of halogens is 1. The maximum absolute atomic E-state index is 6.40. The van der Waals surface area contributed by atoms with Gasteiger partial charge in [-0.25, -0.2) is 15.0 Å². The van der Waals surface area contributed by atoms with Gasteiger partial charge in [0, 0.05) is 26.1 Å². The van der Waals surface area contributed by atoms with Crippen LogP contribution in [0.25, 0.3) is 11.0 Å². The number of rotatable bonds is 7. The molecule has 8 heteroatoms. The molecular weight excluding hydrogens is 501 g/mol. The first-order valence-corrected chi connectivity index (χ1v) is 11.4. The minimum Gasteiger partial charge on any atom is -0.386 e. The molecule has 4 rings (SSSR count). The lowest BCUT2D eigenvalue weighted by Crippen LogP contribution is -2.19. The summed E-state index contributed by atoms with van der Waals surface area (Å²) >= 11 is 2.30. The summed E-state index contributed by atoms with van der Waals surface area (Å²) in [4.78, 5) is 19.3. The molecule has 0 radical (unpaired) electrons. The summed E-state index contributed by atoms with van der Waals surface area (Å²) in [5, 5.41) is 3.14. The van der Waals surface area contributed by atoms with Gasteiger partial charge in [0.05, 0.1) is 33.2 Å². The lowest BCUT2D eigenvalue weighted by Gasteiger charge is -2.17. The van der Waals surface area contributed by atoms with Crippen molar-refractivity contribution in [1.82, 2.24) is 15.0 Å². The molecule has 2 aromatic heterocycles. The van der Waals surface area contributed by atoms with Crippen LogP contribution in [0.5, 0.6) is 0 Å². The van der Waals surface area contributed by atoms with Crippen molar-refractivity contribution in [1.29, 1.82) is 0 Å². The van der Waals surface area contributed by atoms with Crippen molar-refractivity contribution in [2.75, 3.05) is 28.9 Å². The van der Waals surface area contributed by atoms with Crippen molar-refractivity contribution < 1.29 is 0 Å². The van der Waals surface area contributed by atoms with E-state index in [1.54, 1.807) is 6.20 Å². The Bertz CT molecular complexity index is 1220. The molecule has 4 aromatic rings.